The zero-order chi connectivity index (χ0) is 23.9. The number of aromatic hydroxyl groups is 1. The highest BCUT2D eigenvalue weighted by molar-refractivity contribution is 5.84. The van der Waals surface area contributed by atoms with E-state index in [9.17, 15) is 35.4 Å². The SMILES string of the molecule is COc1cc(O)c2c(=O)cc(C3(O)C=CC(OC4C(CO)OC(O)C(O)C4O)C=C3)oc2c1. The monoisotopic (exact) mass is 464 g/mol. The maximum atomic E-state index is 12.5. The van der Waals surface area contributed by atoms with Gasteiger partial charge >= 0.3 is 0 Å². The third-order valence-electron chi connectivity index (χ3n) is 5.65. The summed E-state index contributed by atoms with van der Waals surface area (Å²) in [4.78, 5) is 12.5. The Kier molecular flexibility index (Phi) is 6.29. The highest BCUT2D eigenvalue weighted by atomic mass is 16.7. The summed E-state index contributed by atoms with van der Waals surface area (Å²) in [6, 6.07) is 3.74. The largest absolute Gasteiger partial charge is 0.507 e. The lowest BCUT2D eigenvalue weighted by molar-refractivity contribution is -0.296. The first-order valence-corrected chi connectivity index (χ1v) is 10.1. The minimum atomic E-state index is -1.82. The number of phenols is 1. The minimum Gasteiger partial charge on any atom is -0.507 e. The van der Waals surface area contributed by atoms with E-state index in [0.29, 0.717) is 0 Å². The van der Waals surface area contributed by atoms with Crippen molar-refractivity contribution < 1.29 is 49.3 Å². The van der Waals surface area contributed by atoms with E-state index in [1.54, 1.807) is 0 Å². The van der Waals surface area contributed by atoms with Crippen molar-refractivity contribution in [1.29, 1.82) is 0 Å². The first-order valence-electron chi connectivity index (χ1n) is 10.1. The van der Waals surface area contributed by atoms with Crippen LogP contribution in [-0.2, 0) is 15.1 Å². The third kappa shape index (κ3) is 4.27. The Hall–Kier alpha value is -2.77. The van der Waals surface area contributed by atoms with Crippen LogP contribution < -0.4 is 10.2 Å². The Morgan fingerprint density at radius 2 is 1.79 bits per heavy atom. The molecular formula is C22H24O11. The summed E-state index contributed by atoms with van der Waals surface area (Å²) < 4.78 is 21.5. The van der Waals surface area contributed by atoms with Crippen molar-refractivity contribution in [2.45, 2.75) is 42.4 Å². The van der Waals surface area contributed by atoms with Crippen LogP contribution >= 0.6 is 0 Å². The van der Waals surface area contributed by atoms with E-state index >= 15 is 0 Å². The van der Waals surface area contributed by atoms with E-state index in [0.717, 1.165) is 6.07 Å². The van der Waals surface area contributed by atoms with Crippen molar-refractivity contribution >= 4 is 11.0 Å². The number of ether oxygens (including phenoxy) is 3. The zero-order valence-electron chi connectivity index (χ0n) is 17.4. The molecule has 1 aliphatic heterocycles. The molecule has 33 heavy (non-hydrogen) atoms. The lowest BCUT2D eigenvalue weighted by Crippen LogP contribution is -2.60. The maximum Gasteiger partial charge on any atom is 0.196 e. The minimum absolute atomic E-state index is 0.0174. The van der Waals surface area contributed by atoms with Gasteiger partial charge in [-0.2, -0.15) is 0 Å². The topological polar surface area (TPSA) is 179 Å². The van der Waals surface area contributed by atoms with Crippen LogP contribution in [0.5, 0.6) is 11.5 Å². The highest BCUT2D eigenvalue weighted by Crippen LogP contribution is 2.34. The van der Waals surface area contributed by atoms with Gasteiger partial charge in [0.1, 0.15) is 52.6 Å². The van der Waals surface area contributed by atoms with Gasteiger partial charge in [0.2, 0.25) is 0 Å². The number of fused-ring (bicyclic) bond motifs is 1. The molecule has 178 valence electrons. The normalized spacial score (nSPS) is 34.0. The lowest BCUT2D eigenvalue weighted by Gasteiger charge is -2.41. The molecule has 1 aromatic carbocycles. The van der Waals surface area contributed by atoms with Crippen molar-refractivity contribution in [3.63, 3.8) is 0 Å². The molecule has 1 saturated heterocycles. The molecule has 11 heteroatoms. The average molecular weight is 464 g/mol. The molecule has 0 spiro atoms. The molecule has 2 aliphatic rings. The van der Waals surface area contributed by atoms with Crippen molar-refractivity contribution in [2.24, 2.45) is 0 Å². The molecule has 0 bridgehead atoms. The molecule has 2 aromatic rings. The van der Waals surface area contributed by atoms with Gasteiger partial charge in [0.15, 0.2) is 17.3 Å². The van der Waals surface area contributed by atoms with E-state index in [1.807, 2.05) is 0 Å². The molecule has 0 saturated carbocycles. The Morgan fingerprint density at radius 1 is 1.09 bits per heavy atom. The molecule has 11 nitrogen and oxygen atoms in total. The Morgan fingerprint density at radius 3 is 2.42 bits per heavy atom. The average Bonchev–Trinajstić information content (AvgIpc) is 2.80. The van der Waals surface area contributed by atoms with Gasteiger partial charge in [0.25, 0.3) is 0 Å². The number of hydrogen-bond acceptors (Lipinski definition) is 11. The van der Waals surface area contributed by atoms with Gasteiger partial charge < -0.3 is 49.3 Å². The van der Waals surface area contributed by atoms with Crippen LogP contribution in [0.2, 0.25) is 0 Å². The second-order valence-electron chi connectivity index (χ2n) is 7.83. The van der Waals surface area contributed by atoms with Crippen LogP contribution in [0, 0.1) is 0 Å². The summed E-state index contributed by atoms with van der Waals surface area (Å²) in [7, 11) is 1.39. The van der Waals surface area contributed by atoms with Gasteiger partial charge in [0, 0.05) is 18.2 Å². The molecular weight excluding hydrogens is 440 g/mol. The Balaban J connectivity index is 1.58. The van der Waals surface area contributed by atoms with Crippen LogP contribution in [0.4, 0.5) is 0 Å². The molecule has 0 amide bonds. The number of aliphatic hydroxyl groups is 5. The first-order chi connectivity index (χ1) is 15.7. The van der Waals surface area contributed by atoms with Crippen molar-refractivity contribution in [3.05, 3.63) is 58.5 Å². The van der Waals surface area contributed by atoms with Crippen LogP contribution in [-0.4, -0.2) is 81.2 Å². The summed E-state index contributed by atoms with van der Waals surface area (Å²) in [6.07, 6.45) is -2.46. The van der Waals surface area contributed by atoms with E-state index < -0.39 is 54.4 Å². The smallest absolute Gasteiger partial charge is 0.196 e. The first kappa shape index (κ1) is 23.4. The van der Waals surface area contributed by atoms with Crippen LogP contribution in [0.25, 0.3) is 11.0 Å². The molecule has 1 fully saturated rings. The lowest BCUT2D eigenvalue weighted by atomic mass is 9.93. The van der Waals surface area contributed by atoms with Crippen molar-refractivity contribution in [1.82, 2.24) is 0 Å². The summed E-state index contributed by atoms with van der Waals surface area (Å²) in [5.74, 6) is -0.181. The second kappa shape index (κ2) is 8.88. The summed E-state index contributed by atoms with van der Waals surface area (Å²) >= 11 is 0. The fourth-order valence-corrected chi connectivity index (χ4v) is 3.83. The van der Waals surface area contributed by atoms with Gasteiger partial charge in [-0.15, -0.1) is 0 Å². The molecule has 5 atom stereocenters. The summed E-state index contributed by atoms with van der Waals surface area (Å²) in [6.45, 7) is -0.575. The quantitative estimate of drug-likeness (QED) is 0.299. The molecule has 1 aliphatic carbocycles. The second-order valence-corrected chi connectivity index (χ2v) is 7.83. The van der Waals surface area contributed by atoms with Crippen molar-refractivity contribution in [3.8, 4) is 11.5 Å². The molecule has 0 radical (unpaired) electrons. The predicted octanol–water partition coefficient (Wildman–Crippen LogP) is -0.994. The van der Waals surface area contributed by atoms with Crippen LogP contribution in [0.1, 0.15) is 5.76 Å². The Labute approximate surface area is 187 Å². The van der Waals surface area contributed by atoms with E-state index in [2.05, 4.69) is 0 Å². The van der Waals surface area contributed by atoms with Gasteiger partial charge in [-0.25, -0.2) is 0 Å². The number of hydrogen-bond donors (Lipinski definition) is 6. The molecule has 4 rings (SSSR count). The van der Waals surface area contributed by atoms with Gasteiger partial charge in [-0.3, -0.25) is 4.79 Å². The van der Waals surface area contributed by atoms with E-state index in [-0.39, 0.29) is 28.2 Å². The van der Waals surface area contributed by atoms with Crippen LogP contribution in [0.15, 0.2) is 51.7 Å². The number of phenolic OH excluding ortho intramolecular Hbond substituents is 1. The maximum absolute atomic E-state index is 12.5. The van der Waals surface area contributed by atoms with E-state index in [4.69, 9.17) is 18.6 Å². The van der Waals surface area contributed by atoms with Crippen molar-refractivity contribution in [2.75, 3.05) is 13.7 Å². The molecule has 2 heterocycles. The predicted molar refractivity (Wildman–Crippen MR) is 112 cm³/mol. The Bertz CT molecular complexity index is 1120. The molecule has 6 N–H and O–H groups in total. The molecule has 1 aromatic heterocycles. The van der Waals surface area contributed by atoms with Gasteiger partial charge in [-0.1, -0.05) is 12.2 Å². The van der Waals surface area contributed by atoms with Gasteiger partial charge in [0.05, 0.1) is 19.8 Å². The summed E-state index contributed by atoms with van der Waals surface area (Å²) in [5, 5.41) is 60.2. The number of methoxy groups -OCH3 is 1. The standard InChI is InChI=1S/C22H24O11/c1-30-11-6-12(24)17-13(25)8-16(32-14(17)7-11)22(29)4-2-10(3-5-22)31-20-15(9-23)33-21(28)19(27)18(20)26/h2-8,10,15,18-21,23-24,26-29H,9H2,1H3. The zero-order valence-corrected chi connectivity index (χ0v) is 17.4. The number of rotatable bonds is 5. The third-order valence-corrected chi connectivity index (χ3v) is 5.65. The summed E-state index contributed by atoms with van der Waals surface area (Å²) in [5.41, 5.74) is -2.37. The van der Waals surface area contributed by atoms with E-state index in [1.165, 1.54) is 43.5 Å². The fourth-order valence-electron chi connectivity index (χ4n) is 3.83. The molecule has 5 unspecified atom stereocenters. The number of benzene rings is 1. The fraction of sp³-hybridized carbons (Fsp3) is 0.409. The van der Waals surface area contributed by atoms with Gasteiger partial charge in [-0.05, 0) is 12.2 Å². The highest BCUT2D eigenvalue weighted by Gasteiger charge is 2.45. The number of aliphatic hydroxyl groups excluding tert-OH is 4. The van der Waals surface area contributed by atoms with Crippen LogP contribution in [0.3, 0.4) is 0 Å².